The lowest BCUT2D eigenvalue weighted by Gasteiger charge is -2.26. The third-order valence-corrected chi connectivity index (χ3v) is 9.12. The zero-order chi connectivity index (χ0) is 29.2. The zero-order valence-corrected chi connectivity index (χ0v) is 25.1. The van der Waals surface area contributed by atoms with Crippen LogP contribution in [0.3, 0.4) is 0 Å². The molecule has 4 amide bonds. The molecule has 13 heteroatoms. The van der Waals surface area contributed by atoms with Crippen LogP contribution in [-0.4, -0.2) is 79.3 Å². The minimum atomic E-state index is -0.309. The topological polar surface area (TPSA) is 121 Å². The van der Waals surface area contributed by atoms with E-state index in [2.05, 4.69) is 20.6 Å². The van der Waals surface area contributed by atoms with E-state index in [9.17, 15) is 9.59 Å². The number of carbonyl (C=O) groups excluding carboxylic acids is 2. The lowest BCUT2D eigenvalue weighted by atomic mass is 9.96. The number of hydrogen-bond acceptors (Lipinski definition) is 7. The summed E-state index contributed by atoms with van der Waals surface area (Å²) in [4.78, 5) is 43.3. The molecule has 0 radical (unpaired) electrons. The van der Waals surface area contributed by atoms with Crippen molar-refractivity contribution in [2.24, 2.45) is 5.92 Å². The van der Waals surface area contributed by atoms with Crippen LogP contribution in [0.2, 0.25) is 5.02 Å². The van der Waals surface area contributed by atoms with E-state index in [4.69, 9.17) is 21.7 Å². The molecule has 1 fully saturated rings. The second kappa shape index (κ2) is 12.1. The molecule has 1 saturated heterocycles. The third-order valence-electron chi connectivity index (χ3n) is 7.78. The van der Waals surface area contributed by atoms with Gasteiger partial charge >= 0.3 is 12.1 Å². The summed E-state index contributed by atoms with van der Waals surface area (Å²) in [6.45, 7) is 7.20. The van der Waals surface area contributed by atoms with Crippen LogP contribution < -0.4 is 10.6 Å². The number of aromatic nitrogens is 5. The molecule has 4 heterocycles. The molecule has 0 saturated carbocycles. The number of thiazole rings is 1. The predicted octanol–water partition coefficient (Wildman–Crippen LogP) is 5.11. The Bertz CT molecular complexity index is 1600. The smallest absolute Gasteiger partial charge is 0.321 e. The number of carbonyl (C=O) groups is 2. The highest BCUT2D eigenvalue weighted by molar-refractivity contribution is 7.19. The van der Waals surface area contributed by atoms with Gasteiger partial charge in [-0.3, -0.25) is 5.32 Å². The quantitative estimate of drug-likeness (QED) is 0.302. The number of anilines is 1. The lowest BCUT2D eigenvalue weighted by Crippen LogP contribution is -2.42. The Morgan fingerprint density at radius 2 is 1.93 bits per heavy atom. The number of benzene rings is 1. The average molecular weight is 606 g/mol. The first-order valence-corrected chi connectivity index (χ1v) is 15.4. The summed E-state index contributed by atoms with van der Waals surface area (Å²) in [5, 5.41) is 12.0. The van der Waals surface area contributed by atoms with Crippen LogP contribution in [0.25, 0.3) is 27.5 Å². The number of nitrogens with one attached hydrogen (secondary N) is 2. The molecular formula is C29H32ClN9O2S. The number of fused-ring (bicyclic) bond motifs is 3. The molecule has 0 spiro atoms. The first-order valence-electron chi connectivity index (χ1n) is 14.2. The van der Waals surface area contributed by atoms with Gasteiger partial charge in [0.15, 0.2) is 5.13 Å². The zero-order valence-electron chi connectivity index (χ0n) is 23.5. The van der Waals surface area contributed by atoms with Crippen LogP contribution in [0.1, 0.15) is 31.5 Å². The molecular weight excluding hydrogens is 574 g/mol. The first-order chi connectivity index (χ1) is 20.5. The van der Waals surface area contributed by atoms with E-state index in [0.717, 1.165) is 58.0 Å². The van der Waals surface area contributed by atoms with Gasteiger partial charge in [-0.2, -0.15) is 5.10 Å². The Morgan fingerprint density at radius 3 is 2.69 bits per heavy atom. The van der Waals surface area contributed by atoms with Crippen molar-refractivity contribution >= 4 is 40.1 Å². The van der Waals surface area contributed by atoms with Gasteiger partial charge in [0.05, 0.1) is 32.7 Å². The Labute approximate surface area is 252 Å². The lowest BCUT2D eigenvalue weighted by molar-refractivity contribution is 0.166. The van der Waals surface area contributed by atoms with Crippen molar-refractivity contribution in [2.45, 2.75) is 33.1 Å². The molecule has 0 unspecified atom stereocenters. The Morgan fingerprint density at radius 1 is 1.14 bits per heavy atom. The second-order valence-corrected chi connectivity index (χ2v) is 11.8. The molecule has 218 valence electrons. The van der Waals surface area contributed by atoms with Crippen LogP contribution in [0.15, 0.2) is 43.0 Å². The summed E-state index contributed by atoms with van der Waals surface area (Å²) < 4.78 is 1.87. The first kappa shape index (κ1) is 28.1. The number of likely N-dealkylation sites (tertiary alicyclic amines) is 1. The van der Waals surface area contributed by atoms with Crippen molar-refractivity contribution < 1.29 is 9.59 Å². The van der Waals surface area contributed by atoms with Gasteiger partial charge < -0.3 is 15.1 Å². The Hall–Kier alpha value is -4.03. The highest BCUT2D eigenvalue weighted by Gasteiger charge is 2.31. The molecule has 2 aliphatic rings. The minimum Gasteiger partial charge on any atom is -0.337 e. The predicted molar refractivity (Wildman–Crippen MR) is 163 cm³/mol. The van der Waals surface area contributed by atoms with E-state index in [-0.39, 0.29) is 18.0 Å². The molecule has 11 nitrogen and oxygen atoms in total. The van der Waals surface area contributed by atoms with E-state index >= 15 is 0 Å². The van der Waals surface area contributed by atoms with E-state index in [0.29, 0.717) is 42.9 Å². The molecule has 4 aromatic rings. The maximum Gasteiger partial charge on any atom is 0.321 e. The molecule has 1 atom stereocenters. The second-order valence-electron chi connectivity index (χ2n) is 10.4. The fourth-order valence-electron chi connectivity index (χ4n) is 5.62. The van der Waals surface area contributed by atoms with Crippen molar-refractivity contribution in [1.29, 1.82) is 0 Å². The van der Waals surface area contributed by atoms with Gasteiger partial charge in [0.25, 0.3) is 0 Å². The Kier molecular flexibility index (Phi) is 8.07. The van der Waals surface area contributed by atoms with Crippen molar-refractivity contribution in [1.82, 2.24) is 39.8 Å². The number of urea groups is 2. The van der Waals surface area contributed by atoms with Crippen LogP contribution in [-0.2, 0) is 12.8 Å². The standard InChI is InChI=1S/C29H32ClN9O2S/c1-3-37(4-2)29(41)38-12-11-18(16-38)13-33-27(40)35-28-34-22-10-9-20-24(19-14-31-17-32-15-19)36-39(25(20)26(22)42-28)23-8-6-5-7-21(23)30/h5-8,14-15,17-18H,3-4,9-13,16H2,1-2H3,(H2,33,34,35,40)/t18-/m1/s1. The molecule has 1 aliphatic heterocycles. The number of nitrogens with zero attached hydrogens (tertiary/aromatic N) is 7. The maximum absolute atomic E-state index is 12.9. The number of hydrogen-bond donors (Lipinski definition) is 2. The minimum absolute atomic E-state index is 0.0682. The fourth-order valence-corrected chi connectivity index (χ4v) is 6.90. The largest absolute Gasteiger partial charge is 0.337 e. The van der Waals surface area contributed by atoms with Gasteiger partial charge in [0, 0.05) is 56.2 Å². The molecule has 42 heavy (non-hydrogen) atoms. The van der Waals surface area contributed by atoms with E-state index in [1.807, 2.05) is 52.6 Å². The summed E-state index contributed by atoms with van der Waals surface area (Å²) in [5.74, 6) is 0.215. The fraction of sp³-hybridized carbons (Fsp3) is 0.379. The summed E-state index contributed by atoms with van der Waals surface area (Å²) in [7, 11) is 0. The number of aryl methyl sites for hydroxylation is 1. The van der Waals surface area contributed by atoms with Gasteiger partial charge in [0.2, 0.25) is 0 Å². The highest BCUT2D eigenvalue weighted by Crippen LogP contribution is 2.44. The van der Waals surface area contributed by atoms with Crippen LogP contribution in [0.5, 0.6) is 0 Å². The summed E-state index contributed by atoms with van der Waals surface area (Å²) in [6.07, 6.45) is 7.33. The normalized spacial score (nSPS) is 15.7. The number of rotatable bonds is 7. The van der Waals surface area contributed by atoms with Crippen LogP contribution >= 0.6 is 22.9 Å². The average Bonchev–Trinajstić information content (AvgIpc) is 3.74. The number of halogens is 1. The third kappa shape index (κ3) is 5.43. The van der Waals surface area contributed by atoms with Gasteiger partial charge in [0.1, 0.15) is 6.33 Å². The van der Waals surface area contributed by atoms with Crippen molar-refractivity contribution in [3.05, 3.63) is 59.3 Å². The van der Waals surface area contributed by atoms with Crippen molar-refractivity contribution in [3.63, 3.8) is 0 Å². The molecule has 0 bridgehead atoms. The Balaban J connectivity index is 1.20. The SMILES string of the molecule is CCN(CC)C(=O)N1CC[C@H](CNC(=O)Nc2nc3c(s2)-c2c(c(-c4cncnc4)nn2-c2ccccc2Cl)CC3)C1. The molecule has 1 aliphatic carbocycles. The summed E-state index contributed by atoms with van der Waals surface area (Å²) in [6, 6.07) is 7.35. The van der Waals surface area contributed by atoms with E-state index in [1.165, 1.54) is 17.7 Å². The molecule has 6 rings (SSSR count). The molecule has 3 aromatic heterocycles. The van der Waals surface area contributed by atoms with Gasteiger partial charge in [-0.25, -0.2) is 29.2 Å². The van der Waals surface area contributed by atoms with Crippen molar-refractivity contribution in [3.8, 4) is 27.5 Å². The monoisotopic (exact) mass is 605 g/mol. The van der Waals surface area contributed by atoms with E-state index in [1.54, 1.807) is 12.4 Å². The van der Waals surface area contributed by atoms with Crippen molar-refractivity contribution in [2.75, 3.05) is 38.0 Å². The maximum atomic E-state index is 12.9. The molecule has 2 N–H and O–H groups in total. The van der Waals surface area contributed by atoms with E-state index < -0.39 is 0 Å². The van der Waals surface area contributed by atoms with Gasteiger partial charge in [-0.05, 0) is 51.2 Å². The summed E-state index contributed by atoms with van der Waals surface area (Å²) >= 11 is 8.04. The highest BCUT2D eigenvalue weighted by atomic mass is 35.5. The molecule has 1 aromatic carbocycles. The van der Waals surface area contributed by atoms with Crippen LogP contribution in [0, 0.1) is 5.92 Å². The number of amides is 4. The number of para-hydroxylation sites is 1. The van der Waals surface area contributed by atoms with Gasteiger partial charge in [-0.1, -0.05) is 35.1 Å². The van der Waals surface area contributed by atoms with Gasteiger partial charge in [-0.15, -0.1) is 0 Å². The summed E-state index contributed by atoms with van der Waals surface area (Å²) in [5.41, 5.74) is 5.29. The van der Waals surface area contributed by atoms with Crippen LogP contribution in [0.4, 0.5) is 14.7 Å².